The summed E-state index contributed by atoms with van der Waals surface area (Å²) >= 11 is 0. The Hall–Kier alpha value is -14.3. The number of rotatable bonds is 20. The van der Waals surface area contributed by atoms with Crippen molar-refractivity contribution < 1.29 is 38.4 Å². The molecule has 8 amide bonds. The lowest BCUT2D eigenvalue weighted by Crippen LogP contribution is -2.41. The second kappa shape index (κ2) is 44.5. The molecule has 6 heterocycles. The van der Waals surface area contributed by atoms with Crippen LogP contribution in [0.15, 0.2) is 213 Å². The number of hydrogen-bond acceptors (Lipinski definition) is 14. The number of anilines is 2. The third kappa shape index (κ3) is 24.6. The van der Waals surface area contributed by atoms with Gasteiger partial charge >= 0.3 is 0 Å². The van der Waals surface area contributed by atoms with Crippen molar-refractivity contribution in [2.75, 3.05) is 10.6 Å². The number of H-pyrrole nitrogens is 4. The molecular formula is C109H120N18O8. The number of nitrogens with zero attached hydrogens (tertiary/aromatic N) is 6. The smallest absolute Gasteiger partial charge is 0.256 e. The van der Waals surface area contributed by atoms with E-state index in [-0.39, 0.29) is 83.5 Å². The third-order valence-electron chi connectivity index (χ3n) is 27.1. The van der Waals surface area contributed by atoms with Gasteiger partial charge in [0.05, 0.1) is 56.0 Å². The summed E-state index contributed by atoms with van der Waals surface area (Å²) in [6, 6.07) is 60.7. The minimum atomic E-state index is -0.221. The van der Waals surface area contributed by atoms with Crippen molar-refractivity contribution in [3.05, 3.63) is 263 Å². The summed E-state index contributed by atoms with van der Waals surface area (Å²) in [6.45, 7) is 4.17. The Morgan fingerprint density at radius 3 is 0.867 bits per heavy atom. The molecule has 0 bridgehead atoms. The predicted octanol–water partition coefficient (Wildman–Crippen LogP) is 21.5. The van der Waals surface area contributed by atoms with Crippen LogP contribution in [0.2, 0.25) is 0 Å². The normalized spacial score (nSPS) is 16.9. The lowest BCUT2D eigenvalue weighted by Gasteiger charge is -2.29. The highest BCUT2D eigenvalue weighted by atomic mass is 16.2. The molecule has 26 nitrogen and oxygen atoms in total. The second-order valence-corrected chi connectivity index (χ2v) is 37.2. The van der Waals surface area contributed by atoms with Gasteiger partial charge in [0.1, 0.15) is 29.1 Å². The van der Waals surface area contributed by atoms with Gasteiger partial charge in [-0.2, -0.15) is 0 Å². The van der Waals surface area contributed by atoms with E-state index in [0.29, 0.717) is 73.6 Å². The molecule has 20 rings (SSSR count). The molecule has 8 aromatic carbocycles. The molecule has 0 radical (unpaired) electrons. The van der Waals surface area contributed by atoms with Crippen molar-refractivity contribution in [3.63, 3.8) is 0 Å². The maximum atomic E-state index is 12.7. The average Bonchev–Trinajstić information content (AvgIpc) is 1.67. The summed E-state index contributed by atoms with van der Waals surface area (Å²) in [4.78, 5) is 141. The van der Waals surface area contributed by atoms with Gasteiger partial charge in [0.15, 0.2) is 0 Å². The van der Waals surface area contributed by atoms with Crippen LogP contribution >= 0.6 is 0 Å². The lowest BCUT2D eigenvalue weighted by molar-refractivity contribution is 0.0904. The largest absolute Gasteiger partial charge is 0.349 e. The van der Waals surface area contributed by atoms with E-state index in [1.54, 1.807) is 61.1 Å². The van der Waals surface area contributed by atoms with Crippen LogP contribution in [0, 0.1) is 12.8 Å². The van der Waals surface area contributed by atoms with E-state index in [4.69, 9.17) is 0 Å². The van der Waals surface area contributed by atoms with Gasteiger partial charge in [0.25, 0.3) is 47.3 Å². The fourth-order valence-corrected chi connectivity index (χ4v) is 19.2. The van der Waals surface area contributed by atoms with Gasteiger partial charge in [0.2, 0.25) is 0 Å². The zero-order chi connectivity index (χ0) is 92.9. The van der Waals surface area contributed by atoms with Crippen molar-refractivity contribution in [2.45, 2.75) is 243 Å². The number of carbonyl (C=O) groups excluding carboxylic acids is 8. The highest BCUT2D eigenvalue weighted by molar-refractivity contribution is 6.06. The molecule has 0 saturated heterocycles. The Morgan fingerprint density at radius 1 is 0.281 bits per heavy atom. The number of imidazole rings is 4. The number of hydrogen-bond donors (Lipinski definition) is 12. The van der Waals surface area contributed by atoms with Crippen molar-refractivity contribution in [1.82, 2.24) is 81.7 Å². The van der Waals surface area contributed by atoms with Gasteiger partial charge in [-0.15, -0.1) is 0 Å². The van der Waals surface area contributed by atoms with Gasteiger partial charge in [-0.3, -0.25) is 43.3 Å². The standard InChI is InChI=1S/2C28H34N4O2.C27H27N5O2.C26H25N5O2/c1-18-7-5-6-10-23(18)32-27(33)20-13-11-19(12-14-20)26-30-24-16-15-21(17-25(24)31-26)28(34)29-22-8-3-2-4-9-22;33-27(29-22-8-4-1-2-5-9-22)20-14-12-19(13-15-20)26-31-24-17-16-21(18-25(24)32-26)28(34)30-23-10-6-3-7-11-23;1-17-7-14-24(28-16-17)32-26(33)19-10-8-18(9-11-19)25-30-22-13-12-20(15-23(22)31-25)27(34)29-21-5-3-2-4-6-21;32-25(29-21-7-4-14-27-16-21)18-10-8-17(9-11-18)24-30-22-13-12-19(15-23(22)31-24)26(33)28-20-5-2-1-3-6-20/h11-18,22-23H,2-10H2,1H3,(H,29,34)(H,30,31)(H,32,33);12-18,22-23H,1-11H2,(H,29,33)(H,30,34)(H,31,32);7-16,21H,2-6H2,1H3,(H,29,34)(H,30,31)(H,28,32,33);4,7-16,20H,1-3,5-6H2,(H,28,33)(H,29,32)(H,30,31). The number of aromatic nitrogens is 10. The number of pyridine rings is 2. The first kappa shape index (κ1) is 92.5. The number of aromatic amines is 4. The first-order valence-electron chi connectivity index (χ1n) is 48.6. The van der Waals surface area contributed by atoms with Crippen LogP contribution in [0.25, 0.3) is 89.7 Å². The summed E-state index contributed by atoms with van der Waals surface area (Å²) in [5.41, 5.74) is 16.7. The third-order valence-corrected chi connectivity index (χ3v) is 27.1. The van der Waals surface area contributed by atoms with Crippen molar-refractivity contribution in [1.29, 1.82) is 0 Å². The number of benzene rings is 8. The van der Waals surface area contributed by atoms with E-state index >= 15 is 0 Å². The molecule has 6 fully saturated rings. The average molecular weight is 1810 g/mol. The van der Waals surface area contributed by atoms with Crippen LogP contribution in [0.4, 0.5) is 11.5 Å². The zero-order valence-electron chi connectivity index (χ0n) is 76.9. The summed E-state index contributed by atoms with van der Waals surface area (Å²) in [5, 5.41) is 24.7. The molecule has 135 heavy (non-hydrogen) atoms. The molecule has 6 aliphatic carbocycles. The van der Waals surface area contributed by atoms with E-state index in [2.05, 4.69) is 99.3 Å². The van der Waals surface area contributed by atoms with Crippen LogP contribution in [-0.4, -0.2) is 133 Å². The van der Waals surface area contributed by atoms with Gasteiger partial charge in [-0.25, -0.2) is 24.9 Å². The molecular weight excluding hydrogens is 1690 g/mol. The molecule has 6 saturated carbocycles. The minimum absolute atomic E-state index is 0.00308. The first-order valence-corrected chi connectivity index (χ1v) is 48.6. The fraction of sp³-hybridized carbons (Fsp3) is 0.358. The Bertz CT molecular complexity index is 6450. The Labute approximate surface area is 786 Å². The summed E-state index contributed by atoms with van der Waals surface area (Å²) < 4.78 is 0. The molecule has 6 aliphatic rings. The van der Waals surface area contributed by atoms with Crippen LogP contribution in [0.5, 0.6) is 0 Å². The van der Waals surface area contributed by atoms with E-state index in [1.165, 1.54) is 122 Å². The van der Waals surface area contributed by atoms with Crippen LogP contribution in [0.1, 0.15) is 288 Å². The van der Waals surface area contributed by atoms with Gasteiger partial charge in [-0.1, -0.05) is 177 Å². The highest BCUT2D eigenvalue weighted by Crippen LogP contribution is 2.32. The van der Waals surface area contributed by atoms with Crippen LogP contribution < -0.4 is 42.5 Å². The maximum Gasteiger partial charge on any atom is 0.256 e. The van der Waals surface area contributed by atoms with Crippen LogP contribution in [-0.2, 0) is 0 Å². The molecule has 2 atom stereocenters. The summed E-state index contributed by atoms with van der Waals surface area (Å²) in [7, 11) is 0. The summed E-state index contributed by atoms with van der Waals surface area (Å²) in [5.74, 6) is 3.33. The number of amides is 8. The lowest BCUT2D eigenvalue weighted by atomic mass is 9.86. The number of aryl methyl sites for hydroxylation is 1. The van der Waals surface area contributed by atoms with Gasteiger partial charge in [0, 0.05) is 115 Å². The molecule has 694 valence electrons. The topological polar surface area (TPSA) is 373 Å². The first-order chi connectivity index (χ1) is 65.9. The number of fused-ring (bicyclic) bond motifs is 4. The highest BCUT2D eigenvalue weighted by Gasteiger charge is 2.27. The van der Waals surface area contributed by atoms with Crippen molar-refractivity contribution >= 4 is 103 Å². The molecule has 2 unspecified atom stereocenters. The van der Waals surface area contributed by atoms with Crippen LogP contribution in [0.3, 0.4) is 0 Å². The molecule has 14 aromatic rings. The summed E-state index contributed by atoms with van der Waals surface area (Å²) in [6.07, 6.45) is 39.7. The van der Waals surface area contributed by atoms with E-state index in [0.717, 1.165) is 154 Å². The molecule has 6 aromatic heterocycles. The Kier molecular flexibility index (Phi) is 30.5. The predicted molar refractivity (Wildman–Crippen MR) is 530 cm³/mol. The van der Waals surface area contributed by atoms with Crippen molar-refractivity contribution in [3.8, 4) is 45.6 Å². The van der Waals surface area contributed by atoms with E-state index in [9.17, 15) is 38.4 Å². The molecule has 12 N–H and O–H groups in total. The quantitative estimate of drug-likeness (QED) is 0.0316. The van der Waals surface area contributed by atoms with E-state index < -0.39 is 0 Å². The van der Waals surface area contributed by atoms with E-state index in [1.807, 2.05) is 159 Å². The van der Waals surface area contributed by atoms with Gasteiger partial charge in [-0.05, 0) is 235 Å². The number of nitrogens with one attached hydrogen (secondary N) is 12. The molecule has 26 heteroatoms. The number of carbonyl (C=O) groups is 8. The van der Waals surface area contributed by atoms with Gasteiger partial charge < -0.3 is 62.5 Å². The Balaban J connectivity index is 0.000000125. The molecule has 0 spiro atoms. The monoisotopic (exact) mass is 1810 g/mol. The zero-order valence-corrected chi connectivity index (χ0v) is 76.9. The minimum Gasteiger partial charge on any atom is -0.349 e. The maximum absolute atomic E-state index is 12.7. The fourth-order valence-electron chi connectivity index (χ4n) is 19.2. The second-order valence-electron chi connectivity index (χ2n) is 37.2. The SMILES string of the molecule is CC1CCCCC1NC(=O)c1ccc(-c2nc3ccc(C(=O)NC4CCCCC4)cc3[nH]2)cc1.Cc1ccc(NC(=O)c2ccc(-c3nc4ccc(C(=O)NC5CCCCC5)cc4[nH]3)cc2)nc1.O=C(NC1CCCCCC1)c1ccc(-c2nc3ccc(C(=O)NC4CCCCC4)cc3[nH]2)cc1.O=C(Nc1cccnc1)c1ccc(-c2nc3ccc(C(=O)NC4CCCCC4)cc3[nH]2)cc1. The Morgan fingerprint density at radius 2 is 0.563 bits per heavy atom. The van der Waals surface area contributed by atoms with Crippen molar-refractivity contribution in [2.24, 2.45) is 5.92 Å². The molecule has 0 aliphatic heterocycles.